The van der Waals surface area contributed by atoms with E-state index in [9.17, 15) is 13.2 Å². The molecule has 0 spiro atoms. The summed E-state index contributed by atoms with van der Waals surface area (Å²) in [6.45, 7) is 3.63. The predicted molar refractivity (Wildman–Crippen MR) is 94.5 cm³/mol. The summed E-state index contributed by atoms with van der Waals surface area (Å²) < 4.78 is 27.7. The minimum absolute atomic E-state index is 0.0266. The minimum atomic E-state index is -3.64. The van der Waals surface area contributed by atoms with Crippen molar-refractivity contribution >= 4 is 27.3 Å². The number of carbonyl (C=O) groups is 1. The molecule has 0 atom stereocenters. The first-order valence-electron chi connectivity index (χ1n) is 7.86. The number of benzene rings is 2. The second-order valence-corrected chi connectivity index (χ2v) is 7.87. The van der Waals surface area contributed by atoms with Gasteiger partial charge in [-0.1, -0.05) is 12.1 Å². The van der Waals surface area contributed by atoms with Gasteiger partial charge in [-0.15, -0.1) is 0 Å². The molecule has 5 nitrogen and oxygen atoms in total. The first-order chi connectivity index (χ1) is 11.3. The molecule has 1 aliphatic carbocycles. The number of sulfonamides is 1. The minimum Gasteiger partial charge on any atom is -0.326 e. The van der Waals surface area contributed by atoms with Crippen LogP contribution in [0.25, 0.3) is 0 Å². The Balaban J connectivity index is 1.75. The van der Waals surface area contributed by atoms with E-state index in [-0.39, 0.29) is 16.7 Å². The van der Waals surface area contributed by atoms with E-state index >= 15 is 0 Å². The van der Waals surface area contributed by atoms with Crippen LogP contribution >= 0.6 is 0 Å². The van der Waals surface area contributed by atoms with Gasteiger partial charge in [0.25, 0.3) is 10.0 Å². The van der Waals surface area contributed by atoms with Gasteiger partial charge in [0.2, 0.25) is 5.91 Å². The molecule has 1 saturated carbocycles. The highest BCUT2D eigenvalue weighted by Crippen LogP contribution is 2.30. The molecule has 0 unspecified atom stereocenters. The van der Waals surface area contributed by atoms with Crippen LogP contribution in [0.2, 0.25) is 0 Å². The smallest absolute Gasteiger partial charge is 0.262 e. The third-order valence-electron chi connectivity index (χ3n) is 3.99. The Bertz CT molecular complexity index is 870. The fourth-order valence-electron chi connectivity index (χ4n) is 2.42. The number of hydrogen-bond donors (Lipinski definition) is 2. The van der Waals surface area contributed by atoms with Gasteiger partial charge in [0.1, 0.15) is 0 Å². The van der Waals surface area contributed by atoms with Crippen molar-refractivity contribution in [1.29, 1.82) is 0 Å². The van der Waals surface area contributed by atoms with E-state index in [1.807, 2.05) is 13.0 Å². The van der Waals surface area contributed by atoms with Crippen LogP contribution in [0.15, 0.2) is 47.4 Å². The van der Waals surface area contributed by atoms with Crippen molar-refractivity contribution < 1.29 is 13.2 Å². The van der Waals surface area contributed by atoms with Gasteiger partial charge in [0.15, 0.2) is 0 Å². The average Bonchev–Trinajstić information content (AvgIpc) is 3.36. The highest BCUT2D eigenvalue weighted by molar-refractivity contribution is 7.92. The SMILES string of the molecule is Cc1ccc(C)c(S(=O)(=O)Nc2ccc(NC(=O)C3CC3)cc2)c1. The maximum absolute atomic E-state index is 12.6. The van der Waals surface area contributed by atoms with Gasteiger partial charge in [-0.3, -0.25) is 9.52 Å². The number of aryl methyl sites for hydroxylation is 2. The van der Waals surface area contributed by atoms with Crippen molar-refractivity contribution in [1.82, 2.24) is 0 Å². The number of carbonyl (C=O) groups excluding carboxylic acids is 1. The largest absolute Gasteiger partial charge is 0.326 e. The maximum atomic E-state index is 12.6. The molecule has 6 heteroatoms. The first-order valence-corrected chi connectivity index (χ1v) is 9.34. The molecule has 1 fully saturated rings. The highest BCUT2D eigenvalue weighted by Gasteiger charge is 2.29. The molecule has 3 rings (SSSR count). The number of anilines is 2. The van der Waals surface area contributed by atoms with Crippen LogP contribution < -0.4 is 10.0 Å². The van der Waals surface area contributed by atoms with E-state index < -0.39 is 10.0 Å². The normalized spacial score (nSPS) is 14.2. The average molecular weight is 344 g/mol. The van der Waals surface area contributed by atoms with Gasteiger partial charge < -0.3 is 5.32 Å². The Hall–Kier alpha value is -2.34. The fourth-order valence-corrected chi connectivity index (χ4v) is 3.81. The van der Waals surface area contributed by atoms with Gasteiger partial charge in [-0.2, -0.15) is 0 Å². The predicted octanol–water partition coefficient (Wildman–Crippen LogP) is 3.45. The first kappa shape index (κ1) is 16.5. The van der Waals surface area contributed by atoms with Crippen molar-refractivity contribution in [3.8, 4) is 0 Å². The molecule has 0 bridgehead atoms. The highest BCUT2D eigenvalue weighted by atomic mass is 32.2. The van der Waals surface area contributed by atoms with Crippen molar-refractivity contribution in [2.45, 2.75) is 31.6 Å². The topological polar surface area (TPSA) is 75.3 Å². The zero-order valence-electron chi connectivity index (χ0n) is 13.7. The van der Waals surface area contributed by atoms with Gasteiger partial charge in [0, 0.05) is 17.3 Å². The molecule has 0 saturated heterocycles. The molecular weight excluding hydrogens is 324 g/mol. The fraction of sp³-hybridized carbons (Fsp3) is 0.278. The summed E-state index contributed by atoms with van der Waals surface area (Å²) >= 11 is 0. The van der Waals surface area contributed by atoms with Gasteiger partial charge in [-0.25, -0.2) is 8.42 Å². The molecular formula is C18H20N2O3S. The summed E-state index contributed by atoms with van der Waals surface area (Å²) in [4.78, 5) is 12.0. The van der Waals surface area contributed by atoms with Gasteiger partial charge in [-0.05, 0) is 68.1 Å². The van der Waals surface area contributed by atoms with Crippen LogP contribution in [-0.2, 0) is 14.8 Å². The second kappa shape index (κ2) is 6.28. The summed E-state index contributed by atoms with van der Waals surface area (Å²) in [5, 5.41) is 2.83. The lowest BCUT2D eigenvalue weighted by molar-refractivity contribution is -0.117. The summed E-state index contributed by atoms with van der Waals surface area (Å²) in [7, 11) is -3.64. The van der Waals surface area contributed by atoms with Crippen LogP contribution in [0.5, 0.6) is 0 Å². The number of nitrogens with one attached hydrogen (secondary N) is 2. The summed E-state index contributed by atoms with van der Waals surface area (Å²) in [5.41, 5.74) is 2.71. The van der Waals surface area contributed by atoms with Crippen LogP contribution in [0.1, 0.15) is 24.0 Å². The van der Waals surface area contributed by atoms with E-state index in [1.54, 1.807) is 43.3 Å². The lowest BCUT2D eigenvalue weighted by Gasteiger charge is -2.12. The summed E-state index contributed by atoms with van der Waals surface area (Å²) in [6, 6.07) is 12.0. The van der Waals surface area contributed by atoms with E-state index in [0.717, 1.165) is 18.4 Å². The Morgan fingerprint density at radius 3 is 2.25 bits per heavy atom. The molecule has 0 radical (unpaired) electrons. The Labute approximate surface area is 142 Å². The molecule has 1 amide bonds. The van der Waals surface area contributed by atoms with Crippen LogP contribution in [-0.4, -0.2) is 14.3 Å². The second-order valence-electron chi connectivity index (χ2n) is 6.22. The molecule has 0 heterocycles. The Morgan fingerprint density at radius 1 is 1.00 bits per heavy atom. The van der Waals surface area contributed by atoms with Crippen LogP contribution in [0, 0.1) is 19.8 Å². The zero-order chi connectivity index (χ0) is 17.3. The van der Waals surface area contributed by atoms with Gasteiger partial charge >= 0.3 is 0 Å². The summed E-state index contributed by atoms with van der Waals surface area (Å²) in [5.74, 6) is 0.159. The summed E-state index contributed by atoms with van der Waals surface area (Å²) in [6.07, 6.45) is 1.89. The third-order valence-corrected chi connectivity index (χ3v) is 5.51. The van der Waals surface area contributed by atoms with Crippen molar-refractivity contribution in [3.63, 3.8) is 0 Å². The Morgan fingerprint density at radius 2 is 1.62 bits per heavy atom. The molecule has 126 valence electrons. The monoisotopic (exact) mass is 344 g/mol. The van der Waals surface area contributed by atoms with E-state index in [1.165, 1.54) is 0 Å². The van der Waals surface area contributed by atoms with Crippen molar-refractivity contribution in [2.24, 2.45) is 5.92 Å². The molecule has 2 aromatic rings. The lowest BCUT2D eigenvalue weighted by Crippen LogP contribution is -2.15. The van der Waals surface area contributed by atoms with E-state index in [0.29, 0.717) is 16.9 Å². The molecule has 1 aliphatic rings. The zero-order valence-corrected chi connectivity index (χ0v) is 14.5. The quantitative estimate of drug-likeness (QED) is 0.872. The van der Waals surface area contributed by atoms with E-state index in [2.05, 4.69) is 10.0 Å². The molecule has 0 aliphatic heterocycles. The number of rotatable bonds is 5. The standard InChI is InChI=1S/C18H20N2O3S/c1-12-3-4-13(2)17(11-12)24(22,23)20-16-9-7-15(8-10-16)19-18(21)14-5-6-14/h3-4,7-11,14,20H,5-6H2,1-2H3,(H,19,21). The maximum Gasteiger partial charge on any atom is 0.262 e. The number of amides is 1. The van der Waals surface area contributed by atoms with Crippen LogP contribution in [0.3, 0.4) is 0 Å². The molecule has 0 aromatic heterocycles. The lowest BCUT2D eigenvalue weighted by atomic mass is 10.2. The molecule has 2 N–H and O–H groups in total. The van der Waals surface area contributed by atoms with Crippen LogP contribution in [0.4, 0.5) is 11.4 Å². The van der Waals surface area contributed by atoms with Crippen molar-refractivity contribution in [3.05, 3.63) is 53.6 Å². The van der Waals surface area contributed by atoms with Crippen molar-refractivity contribution in [2.75, 3.05) is 10.0 Å². The molecule has 2 aromatic carbocycles. The van der Waals surface area contributed by atoms with E-state index in [4.69, 9.17) is 0 Å². The van der Waals surface area contributed by atoms with Gasteiger partial charge in [0.05, 0.1) is 4.90 Å². The Kier molecular flexibility index (Phi) is 4.32. The third kappa shape index (κ3) is 3.76. The molecule has 24 heavy (non-hydrogen) atoms. The number of hydrogen-bond acceptors (Lipinski definition) is 3.